The molecule has 2 aromatic carbocycles. The minimum absolute atomic E-state index is 0.244. The quantitative estimate of drug-likeness (QED) is 0.506. The van der Waals surface area contributed by atoms with Crippen molar-refractivity contribution in [1.82, 2.24) is 10.3 Å². The predicted molar refractivity (Wildman–Crippen MR) is 101 cm³/mol. The highest BCUT2D eigenvalue weighted by Crippen LogP contribution is 2.29. The summed E-state index contributed by atoms with van der Waals surface area (Å²) in [4.78, 5) is 12.7. The van der Waals surface area contributed by atoms with E-state index in [2.05, 4.69) is 31.6 Å². The van der Waals surface area contributed by atoms with Gasteiger partial charge < -0.3 is 4.42 Å². The summed E-state index contributed by atoms with van der Waals surface area (Å²) in [6, 6.07) is 13.3. The lowest BCUT2D eigenvalue weighted by Crippen LogP contribution is -2.13. The van der Waals surface area contributed by atoms with E-state index in [9.17, 15) is 4.79 Å². The molecule has 0 spiro atoms. The van der Waals surface area contributed by atoms with Crippen LogP contribution in [-0.2, 0) is 0 Å². The maximum atomic E-state index is 12.7. The number of carbonyl (C=O) groups is 1. The lowest BCUT2D eigenvalue weighted by molar-refractivity contribution is 0.0997. The molecule has 1 N–H and O–H groups in total. The Balaban J connectivity index is 1.67. The second-order valence-corrected chi connectivity index (χ2v) is 6.89. The van der Waals surface area contributed by atoms with E-state index < -0.39 is 5.91 Å². The molecular weight excluding hydrogens is 398 g/mol. The number of aromatic nitrogens is 2. The van der Waals surface area contributed by atoms with Gasteiger partial charge in [-0.1, -0.05) is 39.7 Å². The third-order valence-corrected chi connectivity index (χ3v) is 4.66. The zero-order chi connectivity index (χ0) is 18.3. The average Bonchev–Trinajstić information content (AvgIpc) is 3.21. The van der Waals surface area contributed by atoms with E-state index in [1.807, 2.05) is 56.3 Å². The number of anilines is 1. The molecule has 0 saturated heterocycles. The van der Waals surface area contributed by atoms with Gasteiger partial charge in [0.05, 0.1) is 0 Å². The Morgan fingerprint density at radius 2 is 1.85 bits per heavy atom. The molecule has 0 saturated carbocycles. The molecular formula is C19H14BrN3O3. The van der Waals surface area contributed by atoms with E-state index in [1.165, 1.54) is 0 Å². The maximum Gasteiger partial charge on any atom is 0.292 e. The number of halogens is 1. The van der Waals surface area contributed by atoms with Gasteiger partial charge in [-0.05, 0) is 48.4 Å². The van der Waals surface area contributed by atoms with Crippen LogP contribution in [0.2, 0.25) is 0 Å². The van der Waals surface area contributed by atoms with Gasteiger partial charge in [-0.3, -0.25) is 10.1 Å². The zero-order valence-corrected chi connectivity index (χ0v) is 15.6. The number of rotatable bonds is 3. The molecule has 6 nitrogen and oxygen atoms in total. The first-order chi connectivity index (χ1) is 12.5. The van der Waals surface area contributed by atoms with Crippen molar-refractivity contribution in [2.24, 2.45) is 0 Å². The van der Waals surface area contributed by atoms with Gasteiger partial charge in [0.25, 0.3) is 5.91 Å². The van der Waals surface area contributed by atoms with E-state index >= 15 is 0 Å². The lowest BCUT2D eigenvalue weighted by Gasteiger charge is -2.02. The van der Waals surface area contributed by atoms with Crippen molar-refractivity contribution in [1.29, 1.82) is 0 Å². The number of hydrogen-bond donors (Lipinski definition) is 1. The number of nitrogens with zero attached hydrogens (tertiary/aromatic N) is 2. The van der Waals surface area contributed by atoms with Crippen LogP contribution in [0.1, 0.15) is 21.7 Å². The van der Waals surface area contributed by atoms with E-state index in [1.54, 1.807) is 0 Å². The number of amides is 1. The van der Waals surface area contributed by atoms with E-state index in [0.29, 0.717) is 11.3 Å². The number of hydrogen-bond acceptors (Lipinski definition) is 5. The Bertz CT molecular complexity index is 1110. The molecule has 0 unspecified atom stereocenters. The molecule has 26 heavy (non-hydrogen) atoms. The number of nitrogens with one attached hydrogen (secondary N) is 1. The highest BCUT2D eigenvalue weighted by molar-refractivity contribution is 9.10. The number of benzene rings is 2. The van der Waals surface area contributed by atoms with Crippen LogP contribution in [0.4, 0.5) is 5.82 Å². The number of furan rings is 1. The summed E-state index contributed by atoms with van der Waals surface area (Å²) in [6.07, 6.45) is 0. The summed E-state index contributed by atoms with van der Waals surface area (Å²) in [6.45, 7) is 3.86. The minimum Gasteiger partial charge on any atom is -0.451 e. The summed E-state index contributed by atoms with van der Waals surface area (Å²) in [5, 5.41) is 11.3. The molecule has 130 valence electrons. The van der Waals surface area contributed by atoms with Crippen LogP contribution >= 0.6 is 15.9 Å². The molecule has 0 aliphatic carbocycles. The Labute approximate surface area is 157 Å². The van der Waals surface area contributed by atoms with Crippen molar-refractivity contribution in [2.45, 2.75) is 13.8 Å². The van der Waals surface area contributed by atoms with Gasteiger partial charge in [0, 0.05) is 21.0 Å². The van der Waals surface area contributed by atoms with Crippen LogP contribution < -0.4 is 5.32 Å². The van der Waals surface area contributed by atoms with Crippen molar-refractivity contribution in [3.63, 3.8) is 0 Å². The van der Waals surface area contributed by atoms with Gasteiger partial charge in [-0.25, -0.2) is 4.63 Å². The maximum absolute atomic E-state index is 12.7. The van der Waals surface area contributed by atoms with Gasteiger partial charge in [0.15, 0.2) is 11.5 Å². The van der Waals surface area contributed by atoms with Crippen molar-refractivity contribution < 1.29 is 13.8 Å². The molecule has 0 aliphatic rings. The van der Waals surface area contributed by atoms with Gasteiger partial charge in [0.1, 0.15) is 5.58 Å². The van der Waals surface area contributed by atoms with Gasteiger partial charge in [0.2, 0.25) is 5.82 Å². The van der Waals surface area contributed by atoms with Crippen LogP contribution in [0, 0.1) is 13.8 Å². The fourth-order valence-electron chi connectivity index (χ4n) is 2.78. The number of aryl methyl sites for hydroxylation is 2. The van der Waals surface area contributed by atoms with Crippen LogP contribution in [0.5, 0.6) is 0 Å². The van der Waals surface area contributed by atoms with E-state index in [0.717, 1.165) is 26.5 Å². The Morgan fingerprint density at radius 3 is 2.62 bits per heavy atom. The van der Waals surface area contributed by atoms with Gasteiger partial charge >= 0.3 is 0 Å². The largest absolute Gasteiger partial charge is 0.451 e. The van der Waals surface area contributed by atoms with Gasteiger partial charge in [-0.2, -0.15) is 0 Å². The average molecular weight is 412 g/mol. The molecule has 0 aliphatic heterocycles. The molecule has 2 aromatic heterocycles. The minimum atomic E-state index is -0.398. The van der Waals surface area contributed by atoms with Crippen molar-refractivity contribution in [2.75, 3.05) is 5.32 Å². The number of carbonyl (C=O) groups excluding carboxylic acids is 1. The molecule has 4 rings (SSSR count). The summed E-state index contributed by atoms with van der Waals surface area (Å²) in [5.41, 5.74) is 3.79. The highest BCUT2D eigenvalue weighted by Gasteiger charge is 2.21. The molecule has 7 heteroatoms. The van der Waals surface area contributed by atoms with Gasteiger partial charge in [-0.15, -0.1) is 0 Å². The first-order valence-electron chi connectivity index (χ1n) is 7.92. The molecule has 0 radical (unpaired) electrons. The van der Waals surface area contributed by atoms with Crippen molar-refractivity contribution in [3.05, 3.63) is 63.8 Å². The topological polar surface area (TPSA) is 81.2 Å². The van der Waals surface area contributed by atoms with Crippen LogP contribution in [0.25, 0.3) is 22.2 Å². The third-order valence-electron chi connectivity index (χ3n) is 4.14. The first-order valence-corrected chi connectivity index (χ1v) is 8.72. The smallest absolute Gasteiger partial charge is 0.292 e. The summed E-state index contributed by atoms with van der Waals surface area (Å²) >= 11 is 3.39. The van der Waals surface area contributed by atoms with Crippen molar-refractivity contribution in [3.8, 4) is 11.3 Å². The van der Waals surface area contributed by atoms with E-state index in [4.69, 9.17) is 9.05 Å². The van der Waals surface area contributed by atoms with Crippen LogP contribution in [-0.4, -0.2) is 16.2 Å². The Hall–Kier alpha value is -2.93. The number of fused-ring (bicyclic) bond motifs is 1. The lowest BCUT2D eigenvalue weighted by atomic mass is 10.1. The predicted octanol–water partition coefficient (Wildman–Crippen LogP) is 5.11. The fraction of sp³-hybridized carbons (Fsp3) is 0.105. The third kappa shape index (κ3) is 2.90. The SMILES string of the molecule is Cc1ccc2oc(C(=O)Nc3nonc3-c3ccc(Br)cc3)c(C)c2c1. The molecule has 0 bridgehead atoms. The molecule has 1 amide bonds. The van der Waals surface area contributed by atoms with Crippen molar-refractivity contribution >= 4 is 38.6 Å². The standard InChI is InChI=1S/C19H14BrN3O3/c1-10-3-8-15-14(9-10)11(2)17(25-15)19(24)21-18-16(22-26-23-18)12-4-6-13(20)7-5-12/h3-9H,1-2H3,(H,21,23,24). The molecule has 0 fully saturated rings. The molecule has 4 aromatic rings. The normalized spacial score (nSPS) is 11.0. The summed E-state index contributed by atoms with van der Waals surface area (Å²) < 4.78 is 11.5. The summed E-state index contributed by atoms with van der Waals surface area (Å²) in [7, 11) is 0. The molecule has 0 atom stereocenters. The van der Waals surface area contributed by atoms with Crippen LogP contribution in [0.3, 0.4) is 0 Å². The van der Waals surface area contributed by atoms with Crippen LogP contribution in [0.15, 0.2) is 56.0 Å². The Morgan fingerprint density at radius 1 is 1.08 bits per heavy atom. The summed E-state index contributed by atoms with van der Waals surface area (Å²) in [5.74, 6) is 0.0918. The van der Waals surface area contributed by atoms with E-state index in [-0.39, 0.29) is 11.6 Å². The Kier molecular flexibility index (Phi) is 4.08. The first kappa shape index (κ1) is 16.5. The second-order valence-electron chi connectivity index (χ2n) is 5.98. The fourth-order valence-corrected chi connectivity index (χ4v) is 3.05. The monoisotopic (exact) mass is 411 g/mol. The highest BCUT2D eigenvalue weighted by atomic mass is 79.9. The molecule has 2 heterocycles. The zero-order valence-electron chi connectivity index (χ0n) is 14.0. The second kappa shape index (κ2) is 6.42.